The van der Waals surface area contributed by atoms with E-state index in [9.17, 15) is 4.79 Å². The van der Waals surface area contributed by atoms with Gasteiger partial charge in [-0.1, -0.05) is 66.7 Å². The van der Waals surface area contributed by atoms with Gasteiger partial charge in [0.25, 0.3) is 5.91 Å². The second-order valence-corrected chi connectivity index (χ2v) is 6.85. The van der Waals surface area contributed by atoms with Gasteiger partial charge in [0.1, 0.15) is 5.75 Å². The van der Waals surface area contributed by atoms with Crippen molar-refractivity contribution in [3.8, 4) is 16.9 Å². The summed E-state index contributed by atoms with van der Waals surface area (Å²) in [6.45, 7) is 1.93. The Balaban J connectivity index is 1.58. The monoisotopic (exact) mass is 409 g/mol. The summed E-state index contributed by atoms with van der Waals surface area (Å²) in [5.41, 5.74) is 3.29. The molecule has 3 rings (SSSR count). The molecule has 3 aromatic rings. The van der Waals surface area contributed by atoms with Crippen molar-refractivity contribution in [3.05, 3.63) is 88.9 Å². The van der Waals surface area contributed by atoms with Crippen LogP contribution in [0.5, 0.6) is 5.75 Å². The first-order valence-corrected chi connectivity index (χ1v) is 9.25. The lowest BCUT2D eigenvalue weighted by molar-refractivity contribution is -0.123. The van der Waals surface area contributed by atoms with E-state index < -0.39 is 0 Å². The van der Waals surface area contributed by atoms with Crippen LogP contribution in [-0.2, 0) is 4.79 Å². The first-order valence-electron chi connectivity index (χ1n) is 8.45. The average molecular weight is 410 g/mol. The van der Waals surface area contributed by atoms with Gasteiger partial charge >= 0.3 is 0 Å². The number of rotatable bonds is 6. The molecule has 0 saturated carbocycles. The number of nitrogens with one attached hydrogen (secondary N) is 1. The van der Waals surface area contributed by atoms with E-state index in [0.29, 0.717) is 5.75 Å². The van der Waals surface area contributed by atoms with Gasteiger partial charge in [-0.2, -0.15) is 0 Å². The lowest BCUT2D eigenvalue weighted by atomic mass is 10.1. The highest BCUT2D eigenvalue weighted by Crippen LogP contribution is 2.30. The first kappa shape index (κ1) is 18.2. The zero-order valence-corrected chi connectivity index (χ0v) is 16.1. The van der Waals surface area contributed by atoms with Crippen molar-refractivity contribution in [2.24, 2.45) is 0 Å². The number of hydrogen-bond donors (Lipinski definition) is 1. The number of carbonyl (C=O) groups excluding carboxylic acids is 1. The zero-order valence-electron chi connectivity index (χ0n) is 14.5. The van der Waals surface area contributed by atoms with E-state index >= 15 is 0 Å². The van der Waals surface area contributed by atoms with E-state index in [1.807, 2.05) is 73.7 Å². The fraction of sp³-hybridized carbons (Fsp3) is 0.136. The molecule has 1 unspecified atom stereocenters. The number of amides is 1. The molecule has 1 atom stereocenters. The maximum Gasteiger partial charge on any atom is 0.258 e. The molecule has 0 aliphatic rings. The molecule has 0 aliphatic carbocycles. The molecule has 26 heavy (non-hydrogen) atoms. The molecule has 4 heteroatoms. The van der Waals surface area contributed by atoms with Gasteiger partial charge in [0.15, 0.2) is 6.61 Å². The molecule has 0 radical (unpaired) electrons. The third-order valence-electron chi connectivity index (χ3n) is 4.07. The summed E-state index contributed by atoms with van der Waals surface area (Å²) in [7, 11) is 0. The molecule has 0 bridgehead atoms. The molecular formula is C22H20BrNO2. The minimum absolute atomic E-state index is 0.0273. The molecule has 0 fully saturated rings. The van der Waals surface area contributed by atoms with Crippen molar-refractivity contribution in [1.82, 2.24) is 5.32 Å². The normalized spacial score (nSPS) is 11.6. The third-order valence-corrected chi connectivity index (χ3v) is 4.69. The lowest BCUT2D eigenvalue weighted by Crippen LogP contribution is -2.31. The van der Waals surface area contributed by atoms with Crippen LogP contribution < -0.4 is 10.1 Å². The third kappa shape index (κ3) is 4.73. The highest BCUT2D eigenvalue weighted by molar-refractivity contribution is 9.10. The molecule has 0 saturated heterocycles. The van der Waals surface area contributed by atoms with Gasteiger partial charge in [0.05, 0.1) is 10.5 Å². The summed E-state index contributed by atoms with van der Waals surface area (Å²) in [4.78, 5) is 12.1. The highest BCUT2D eigenvalue weighted by Gasteiger charge is 2.11. The zero-order chi connectivity index (χ0) is 18.4. The van der Waals surface area contributed by atoms with Gasteiger partial charge in [0, 0.05) is 0 Å². The van der Waals surface area contributed by atoms with Crippen molar-refractivity contribution in [3.63, 3.8) is 0 Å². The van der Waals surface area contributed by atoms with E-state index in [4.69, 9.17) is 4.74 Å². The van der Waals surface area contributed by atoms with Crippen molar-refractivity contribution in [1.29, 1.82) is 0 Å². The predicted molar refractivity (Wildman–Crippen MR) is 108 cm³/mol. The molecule has 0 heterocycles. The minimum atomic E-state index is -0.152. The molecular weight excluding hydrogens is 390 g/mol. The Bertz CT molecular complexity index is 866. The van der Waals surface area contributed by atoms with Gasteiger partial charge in [-0.3, -0.25) is 4.79 Å². The molecule has 1 N–H and O–H groups in total. The van der Waals surface area contributed by atoms with E-state index in [2.05, 4.69) is 33.4 Å². The van der Waals surface area contributed by atoms with E-state index in [1.165, 1.54) is 0 Å². The van der Waals surface area contributed by atoms with Crippen molar-refractivity contribution >= 4 is 21.8 Å². The van der Waals surface area contributed by atoms with Crippen LogP contribution in [0.3, 0.4) is 0 Å². The summed E-state index contributed by atoms with van der Waals surface area (Å²) in [5, 5.41) is 2.94. The van der Waals surface area contributed by atoms with Crippen LogP contribution in [0.15, 0.2) is 83.3 Å². The standard InChI is InChI=1S/C22H20BrNO2/c1-16(17-8-4-2-5-9-17)24-22(25)15-26-21-13-12-19(14-20(21)23)18-10-6-3-7-11-18/h2-14,16H,15H2,1H3,(H,24,25). The number of hydrogen-bond acceptors (Lipinski definition) is 2. The fourth-order valence-corrected chi connectivity index (χ4v) is 3.17. The Labute approximate surface area is 162 Å². The smallest absolute Gasteiger partial charge is 0.258 e. The first-order chi connectivity index (χ1) is 12.6. The van der Waals surface area contributed by atoms with Crippen LogP contribution in [0.1, 0.15) is 18.5 Å². The van der Waals surface area contributed by atoms with Gasteiger partial charge in [-0.15, -0.1) is 0 Å². The van der Waals surface area contributed by atoms with Gasteiger partial charge in [-0.25, -0.2) is 0 Å². The van der Waals surface area contributed by atoms with E-state index in [0.717, 1.165) is 21.2 Å². The summed E-state index contributed by atoms with van der Waals surface area (Å²) in [6.07, 6.45) is 0. The number of ether oxygens (including phenoxy) is 1. The molecule has 0 aliphatic heterocycles. The fourth-order valence-electron chi connectivity index (χ4n) is 2.68. The lowest BCUT2D eigenvalue weighted by Gasteiger charge is -2.15. The maximum absolute atomic E-state index is 12.1. The van der Waals surface area contributed by atoms with Crippen LogP contribution in [0, 0.1) is 0 Å². The molecule has 3 aromatic carbocycles. The number of benzene rings is 3. The Kier molecular flexibility index (Phi) is 6.08. The SMILES string of the molecule is CC(NC(=O)COc1ccc(-c2ccccc2)cc1Br)c1ccccc1. The van der Waals surface area contributed by atoms with Gasteiger partial charge in [0.2, 0.25) is 0 Å². The van der Waals surface area contributed by atoms with Crippen LogP contribution in [0.2, 0.25) is 0 Å². The number of halogens is 1. The number of carbonyl (C=O) groups is 1. The molecule has 0 spiro atoms. The van der Waals surface area contributed by atoms with Crippen LogP contribution in [0.4, 0.5) is 0 Å². The van der Waals surface area contributed by atoms with Crippen molar-refractivity contribution < 1.29 is 9.53 Å². The Morgan fingerprint density at radius 1 is 0.962 bits per heavy atom. The average Bonchev–Trinajstić information content (AvgIpc) is 2.68. The minimum Gasteiger partial charge on any atom is -0.483 e. The Morgan fingerprint density at radius 2 is 1.62 bits per heavy atom. The van der Waals surface area contributed by atoms with Crippen molar-refractivity contribution in [2.75, 3.05) is 6.61 Å². The predicted octanol–water partition coefficient (Wildman–Crippen LogP) is 5.37. The van der Waals surface area contributed by atoms with Crippen LogP contribution in [0.25, 0.3) is 11.1 Å². The van der Waals surface area contributed by atoms with Crippen LogP contribution >= 0.6 is 15.9 Å². The quantitative estimate of drug-likeness (QED) is 0.593. The van der Waals surface area contributed by atoms with Crippen LogP contribution in [-0.4, -0.2) is 12.5 Å². The Morgan fingerprint density at radius 3 is 2.27 bits per heavy atom. The summed E-state index contributed by atoms with van der Waals surface area (Å²) >= 11 is 3.53. The van der Waals surface area contributed by atoms with E-state index in [1.54, 1.807) is 0 Å². The van der Waals surface area contributed by atoms with E-state index in [-0.39, 0.29) is 18.6 Å². The summed E-state index contributed by atoms with van der Waals surface area (Å²) in [6, 6.07) is 25.8. The highest BCUT2D eigenvalue weighted by atomic mass is 79.9. The second kappa shape index (κ2) is 8.68. The van der Waals surface area contributed by atoms with Gasteiger partial charge < -0.3 is 10.1 Å². The second-order valence-electron chi connectivity index (χ2n) is 6.00. The molecule has 3 nitrogen and oxygen atoms in total. The van der Waals surface area contributed by atoms with Gasteiger partial charge in [-0.05, 0) is 51.7 Å². The largest absolute Gasteiger partial charge is 0.483 e. The summed E-state index contributed by atoms with van der Waals surface area (Å²) < 4.78 is 6.49. The Hall–Kier alpha value is -2.59. The van der Waals surface area contributed by atoms with Crippen molar-refractivity contribution in [2.45, 2.75) is 13.0 Å². The maximum atomic E-state index is 12.1. The topological polar surface area (TPSA) is 38.3 Å². The summed E-state index contributed by atoms with van der Waals surface area (Å²) in [5.74, 6) is 0.493. The molecule has 132 valence electrons. The molecule has 1 amide bonds. The molecule has 0 aromatic heterocycles.